The van der Waals surface area contributed by atoms with Crippen LogP contribution in [-0.4, -0.2) is 37.4 Å². The molecule has 1 rings (SSSR count). The monoisotopic (exact) mass is 285 g/mol. The summed E-state index contributed by atoms with van der Waals surface area (Å²) in [6, 6.07) is 0.100. The SMILES string of the molecule is CC(C)NC(CCCCC(C)(C)C)C(=O)OC1COC1. The summed E-state index contributed by atoms with van der Waals surface area (Å²) in [5.41, 5.74) is 0.366. The highest BCUT2D eigenvalue weighted by Gasteiger charge is 2.27. The zero-order valence-electron chi connectivity index (χ0n) is 13.7. The van der Waals surface area contributed by atoms with Gasteiger partial charge in [-0.15, -0.1) is 0 Å². The maximum atomic E-state index is 12.1. The molecule has 1 heterocycles. The molecule has 0 aromatic carbocycles. The Morgan fingerprint density at radius 2 is 1.95 bits per heavy atom. The number of ether oxygens (including phenoxy) is 2. The standard InChI is InChI=1S/C16H31NO3/c1-12(2)17-14(8-6-7-9-16(3,4)5)15(18)20-13-10-19-11-13/h12-14,17H,6-11H2,1-5H3. The van der Waals surface area contributed by atoms with Gasteiger partial charge in [-0.05, 0) is 18.3 Å². The number of nitrogens with one attached hydrogen (secondary N) is 1. The highest BCUT2D eigenvalue weighted by Crippen LogP contribution is 2.22. The van der Waals surface area contributed by atoms with Crippen LogP contribution >= 0.6 is 0 Å². The van der Waals surface area contributed by atoms with Crippen molar-refractivity contribution in [1.29, 1.82) is 0 Å². The van der Waals surface area contributed by atoms with Crippen LogP contribution < -0.4 is 5.32 Å². The fraction of sp³-hybridized carbons (Fsp3) is 0.938. The average molecular weight is 285 g/mol. The van der Waals surface area contributed by atoms with E-state index in [-0.39, 0.29) is 24.2 Å². The van der Waals surface area contributed by atoms with Crippen molar-refractivity contribution < 1.29 is 14.3 Å². The molecule has 0 aromatic rings. The third-order valence-electron chi connectivity index (χ3n) is 3.38. The van der Waals surface area contributed by atoms with E-state index in [1.54, 1.807) is 0 Å². The molecule has 1 fully saturated rings. The first-order chi connectivity index (χ1) is 9.28. The lowest BCUT2D eigenvalue weighted by Gasteiger charge is -2.28. The molecule has 0 radical (unpaired) electrons. The molecule has 0 bridgehead atoms. The molecule has 0 aromatic heterocycles. The number of rotatable bonds is 8. The van der Waals surface area contributed by atoms with Crippen molar-refractivity contribution in [3.8, 4) is 0 Å². The summed E-state index contributed by atoms with van der Waals surface area (Å²) < 4.78 is 10.5. The molecular weight excluding hydrogens is 254 g/mol. The quantitative estimate of drug-likeness (QED) is 0.550. The molecule has 1 aliphatic heterocycles. The summed E-state index contributed by atoms with van der Waals surface area (Å²) in [7, 11) is 0. The smallest absolute Gasteiger partial charge is 0.323 e. The Morgan fingerprint density at radius 1 is 1.30 bits per heavy atom. The van der Waals surface area contributed by atoms with Crippen LogP contribution in [-0.2, 0) is 14.3 Å². The lowest BCUT2D eigenvalue weighted by Crippen LogP contribution is -2.46. The third kappa shape index (κ3) is 7.25. The fourth-order valence-electron chi connectivity index (χ4n) is 2.20. The summed E-state index contributed by atoms with van der Waals surface area (Å²) >= 11 is 0. The Kier molecular flexibility index (Phi) is 6.96. The van der Waals surface area contributed by atoms with Crippen LogP contribution in [0.5, 0.6) is 0 Å². The molecule has 1 N–H and O–H groups in total. The van der Waals surface area contributed by atoms with Crippen molar-refractivity contribution in [1.82, 2.24) is 5.32 Å². The van der Waals surface area contributed by atoms with Gasteiger partial charge < -0.3 is 14.8 Å². The zero-order chi connectivity index (χ0) is 15.2. The number of esters is 1. The van der Waals surface area contributed by atoms with Crippen LogP contribution in [0.3, 0.4) is 0 Å². The van der Waals surface area contributed by atoms with Gasteiger partial charge in [-0.2, -0.15) is 0 Å². The molecule has 0 spiro atoms. The Hall–Kier alpha value is -0.610. The number of unbranched alkanes of at least 4 members (excludes halogenated alkanes) is 1. The van der Waals surface area contributed by atoms with E-state index in [9.17, 15) is 4.79 Å². The molecule has 0 amide bonds. The van der Waals surface area contributed by atoms with Crippen molar-refractivity contribution in [2.24, 2.45) is 5.41 Å². The van der Waals surface area contributed by atoms with E-state index < -0.39 is 0 Å². The number of carbonyl (C=O) groups is 1. The lowest BCUT2D eigenvalue weighted by atomic mass is 9.89. The summed E-state index contributed by atoms with van der Waals surface area (Å²) in [5.74, 6) is -0.122. The molecule has 4 nitrogen and oxygen atoms in total. The van der Waals surface area contributed by atoms with Gasteiger partial charge in [0.2, 0.25) is 0 Å². The topological polar surface area (TPSA) is 47.6 Å². The second kappa shape index (κ2) is 7.99. The van der Waals surface area contributed by atoms with E-state index in [0.29, 0.717) is 18.6 Å². The molecule has 0 aliphatic carbocycles. The van der Waals surface area contributed by atoms with Gasteiger partial charge in [0, 0.05) is 6.04 Å². The van der Waals surface area contributed by atoms with Gasteiger partial charge in [-0.25, -0.2) is 0 Å². The van der Waals surface area contributed by atoms with Crippen molar-refractivity contribution in [3.05, 3.63) is 0 Å². The van der Waals surface area contributed by atoms with E-state index in [4.69, 9.17) is 9.47 Å². The first-order valence-corrected chi connectivity index (χ1v) is 7.82. The van der Waals surface area contributed by atoms with Crippen LogP contribution in [0.2, 0.25) is 0 Å². The maximum absolute atomic E-state index is 12.1. The van der Waals surface area contributed by atoms with Crippen molar-refractivity contribution in [2.45, 2.75) is 78.5 Å². The van der Waals surface area contributed by atoms with E-state index >= 15 is 0 Å². The predicted octanol–water partition coefficient (Wildman–Crippen LogP) is 2.90. The van der Waals surface area contributed by atoms with Gasteiger partial charge >= 0.3 is 5.97 Å². The van der Waals surface area contributed by atoms with Crippen molar-refractivity contribution in [2.75, 3.05) is 13.2 Å². The second-order valence-corrected chi connectivity index (χ2v) is 7.28. The second-order valence-electron chi connectivity index (χ2n) is 7.28. The van der Waals surface area contributed by atoms with E-state index in [0.717, 1.165) is 19.3 Å². The molecule has 1 aliphatic rings. The minimum absolute atomic E-state index is 0.0338. The molecular formula is C16H31NO3. The minimum Gasteiger partial charge on any atom is -0.456 e. The molecule has 1 saturated heterocycles. The van der Waals surface area contributed by atoms with Crippen LogP contribution in [0, 0.1) is 5.41 Å². The largest absolute Gasteiger partial charge is 0.456 e. The summed E-state index contributed by atoms with van der Waals surface area (Å²) in [6.07, 6.45) is 4.21. The van der Waals surface area contributed by atoms with E-state index in [1.165, 1.54) is 6.42 Å². The van der Waals surface area contributed by atoms with E-state index in [1.807, 2.05) is 0 Å². The van der Waals surface area contributed by atoms with Gasteiger partial charge in [0.15, 0.2) is 0 Å². The highest BCUT2D eigenvalue weighted by molar-refractivity contribution is 5.76. The Labute approximate surface area is 123 Å². The first-order valence-electron chi connectivity index (χ1n) is 7.82. The minimum atomic E-state index is -0.185. The van der Waals surface area contributed by atoms with Crippen LogP contribution in [0.15, 0.2) is 0 Å². The number of carbonyl (C=O) groups excluding carboxylic acids is 1. The summed E-state index contributed by atoms with van der Waals surface area (Å²) in [5, 5.41) is 3.32. The highest BCUT2D eigenvalue weighted by atomic mass is 16.6. The van der Waals surface area contributed by atoms with Gasteiger partial charge in [0.1, 0.15) is 12.1 Å². The van der Waals surface area contributed by atoms with Crippen LogP contribution in [0.4, 0.5) is 0 Å². The number of hydrogen-bond acceptors (Lipinski definition) is 4. The fourth-order valence-corrected chi connectivity index (χ4v) is 2.20. The summed E-state index contributed by atoms with van der Waals surface area (Å²) in [6.45, 7) is 12.0. The molecule has 1 atom stereocenters. The van der Waals surface area contributed by atoms with E-state index in [2.05, 4.69) is 39.9 Å². The average Bonchev–Trinajstić information content (AvgIpc) is 2.25. The summed E-state index contributed by atoms with van der Waals surface area (Å²) in [4.78, 5) is 12.1. The van der Waals surface area contributed by atoms with Gasteiger partial charge in [-0.1, -0.05) is 47.5 Å². The lowest BCUT2D eigenvalue weighted by molar-refractivity contribution is -0.174. The number of hydrogen-bond donors (Lipinski definition) is 1. The predicted molar refractivity (Wildman–Crippen MR) is 80.7 cm³/mol. The van der Waals surface area contributed by atoms with Crippen LogP contribution in [0.25, 0.3) is 0 Å². The zero-order valence-corrected chi connectivity index (χ0v) is 13.7. The third-order valence-corrected chi connectivity index (χ3v) is 3.38. The molecule has 20 heavy (non-hydrogen) atoms. The molecule has 4 heteroatoms. The van der Waals surface area contributed by atoms with Crippen molar-refractivity contribution in [3.63, 3.8) is 0 Å². The Morgan fingerprint density at radius 3 is 2.40 bits per heavy atom. The van der Waals surface area contributed by atoms with Gasteiger partial charge in [-0.3, -0.25) is 4.79 Å². The molecule has 118 valence electrons. The van der Waals surface area contributed by atoms with Crippen molar-refractivity contribution >= 4 is 5.97 Å². The Bertz CT molecular complexity index is 293. The maximum Gasteiger partial charge on any atom is 0.323 e. The Balaban J connectivity index is 2.32. The van der Waals surface area contributed by atoms with Crippen LogP contribution in [0.1, 0.15) is 60.3 Å². The molecule has 0 saturated carbocycles. The first kappa shape index (κ1) is 17.4. The van der Waals surface area contributed by atoms with Gasteiger partial charge in [0.05, 0.1) is 13.2 Å². The van der Waals surface area contributed by atoms with Gasteiger partial charge in [0.25, 0.3) is 0 Å². The molecule has 1 unspecified atom stereocenters. The normalized spacial score (nSPS) is 17.9.